The van der Waals surface area contributed by atoms with Crippen LogP contribution in [0, 0.1) is 0 Å². The molecule has 3 rings (SSSR count). The number of piperidine rings is 1. The Morgan fingerprint density at radius 1 is 1.09 bits per heavy atom. The SMILES string of the molecule is C=C1Nc2ccccc2N1C1CCN(CC)CC1.CC.CCC. The standard InChI is InChI=1S/C15H21N3.C3H8.C2H6/c1-3-17-10-8-13(9-11-17)18-12(2)16-14-6-4-5-7-15(14)18;1-3-2;1-2/h4-7,13,16H,2-3,8-11H2,1H3;3H2,1-2H3;1-2H3. The molecule has 0 saturated carbocycles. The summed E-state index contributed by atoms with van der Waals surface area (Å²) in [6.45, 7) is 18.2. The van der Waals surface area contributed by atoms with Crippen molar-refractivity contribution in [2.24, 2.45) is 0 Å². The summed E-state index contributed by atoms with van der Waals surface area (Å²) < 4.78 is 0. The van der Waals surface area contributed by atoms with E-state index in [1.54, 1.807) is 0 Å². The van der Waals surface area contributed by atoms with Gasteiger partial charge in [-0.25, -0.2) is 0 Å². The molecular weight excluding hydrogens is 282 g/mol. The van der Waals surface area contributed by atoms with Crippen molar-refractivity contribution < 1.29 is 0 Å². The van der Waals surface area contributed by atoms with Gasteiger partial charge in [-0.15, -0.1) is 0 Å². The molecule has 2 aliphatic heterocycles. The number of para-hydroxylation sites is 2. The number of fused-ring (bicyclic) bond motifs is 1. The third kappa shape index (κ3) is 5.00. The Hall–Kier alpha value is -1.48. The van der Waals surface area contributed by atoms with Crippen molar-refractivity contribution in [3.63, 3.8) is 0 Å². The molecule has 1 aromatic carbocycles. The molecule has 0 amide bonds. The molecule has 130 valence electrons. The summed E-state index contributed by atoms with van der Waals surface area (Å²) in [7, 11) is 0. The van der Waals surface area contributed by atoms with Crippen LogP contribution in [0.2, 0.25) is 0 Å². The van der Waals surface area contributed by atoms with E-state index in [1.165, 1.54) is 50.3 Å². The minimum Gasteiger partial charge on any atom is -0.340 e. The van der Waals surface area contributed by atoms with E-state index in [0.29, 0.717) is 6.04 Å². The molecule has 0 aromatic heterocycles. The second-order valence-corrected chi connectivity index (χ2v) is 5.83. The molecule has 0 unspecified atom stereocenters. The third-order valence-corrected chi connectivity index (χ3v) is 4.10. The van der Waals surface area contributed by atoms with Crippen LogP contribution < -0.4 is 10.2 Å². The molecule has 3 heteroatoms. The second kappa shape index (κ2) is 10.3. The monoisotopic (exact) mass is 317 g/mol. The Morgan fingerprint density at radius 2 is 1.65 bits per heavy atom. The molecule has 2 aliphatic rings. The molecule has 0 atom stereocenters. The first-order chi connectivity index (χ1) is 11.2. The van der Waals surface area contributed by atoms with E-state index >= 15 is 0 Å². The Balaban J connectivity index is 0.000000477. The van der Waals surface area contributed by atoms with Gasteiger partial charge in [0.25, 0.3) is 0 Å². The van der Waals surface area contributed by atoms with Crippen molar-refractivity contribution in [2.75, 3.05) is 29.9 Å². The normalized spacial score (nSPS) is 17.4. The van der Waals surface area contributed by atoms with Gasteiger partial charge in [-0.05, 0) is 31.5 Å². The molecule has 3 nitrogen and oxygen atoms in total. The molecule has 2 heterocycles. The quantitative estimate of drug-likeness (QED) is 0.796. The average molecular weight is 318 g/mol. The van der Waals surface area contributed by atoms with Crippen molar-refractivity contribution in [3.05, 3.63) is 36.7 Å². The molecule has 0 radical (unpaired) electrons. The third-order valence-electron chi connectivity index (χ3n) is 4.10. The fourth-order valence-corrected chi connectivity index (χ4v) is 3.06. The van der Waals surface area contributed by atoms with Gasteiger partial charge in [-0.3, -0.25) is 0 Å². The Bertz CT molecular complexity index is 462. The van der Waals surface area contributed by atoms with Gasteiger partial charge >= 0.3 is 0 Å². The van der Waals surface area contributed by atoms with E-state index in [9.17, 15) is 0 Å². The molecule has 0 spiro atoms. The highest BCUT2D eigenvalue weighted by atomic mass is 15.3. The van der Waals surface area contributed by atoms with Gasteiger partial charge in [-0.2, -0.15) is 0 Å². The van der Waals surface area contributed by atoms with Crippen LogP contribution in [0.5, 0.6) is 0 Å². The lowest BCUT2D eigenvalue weighted by atomic mass is 10.0. The highest BCUT2D eigenvalue weighted by Gasteiger charge is 2.30. The molecule has 1 N–H and O–H groups in total. The number of benzene rings is 1. The van der Waals surface area contributed by atoms with E-state index in [2.05, 4.69) is 66.7 Å². The topological polar surface area (TPSA) is 18.5 Å². The van der Waals surface area contributed by atoms with E-state index in [1.807, 2.05) is 13.8 Å². The number of nitrogens with zero attached hydrogens (tertiary/aromatic N) is 2. The lowest BCUT2D eigenvalue weighted by molar-refractivity contribution is 0.222. The number of rotatable bonds is 2. The molecule has 1 fully saturated rings. The minimum absolute atomic E-state index is 0.594. The van der Waals surface area contributed by atoms with Gasteiger partial charge in [0.15, 0.2) is 0 Å². The van der Waals surface area contributed by atoms with Gasteiger partial charge in [0.1, 0.15) is 5.82 Å². The van der Waals surface area contributed by atoms with Crippen molar-refractivity contribution in [1.29, 1.82) is 0 Å². The molecule has 0 aliphatic carbocycles. The Morgan fingerprint density at radius 3 is 2.22 bits per heavy atom. The second-order valence-electron chi connectivity index (χ2n) is 5.83. The number of hydrogen-bond acceptors (Lipinski definition) is 3. The predicted molar refractivity (Wildman–Crippen MR) is 104 cm³/mol. The average Bonchev–Trinajstić information content (AvgIpc) is 2.93. The summed E-state index contributed by atoms with van der Waals surface area (Å²) >= 11 is 0. The van der Waals surface area contributed by atoms with Crippen LogP contribution in [0.15, 0.2) is 36.7 Å². The molecular formula is C20H35N3. The maximum Gasteiger partial charge on any atom is 0.103 e. The van der Waals surface area contributed by atoms with Crippen LogP contribution in [0.25, 0.3) is 0 Å². The maximum absolute atomic E-state index is 4.17. The largest absolute Gasteiger partial charge is 0.340 e. The van der Waals surface area contributed by atoms with Gasteiger partial charge in [0.05, 0.1) is 11.4 Å². The zero-order valence-corrected chi connectivity index (χ0v) is 15.7. The maximum atomic E-state index is 4.17. The van der Waals surface area contributed by atoms with Crippen LogP contribution >= 0.6 is 0 Å². The zero-order valence-electron chi connectivity index (χ0n) is 15.7. The molecule has 0 bridgehead atoms. The van der Waals surface area contributed by atoms with E-state index in [-0.39, 0.29) is 0 Å². The summed E-state index contributed by atoms with van der Waals surface area (Å²) in [6, 6.07) is 9.08. The molecule has 1 aromatic rings. The highest BCUT2D eigenvalue weighted by Crippen LogP contribution is 2.38. The van der Waals surface area contributed by atoms with Crippen molar-refractivity contribution in [3.8, 4) is 0 Å². The van der Waals surface area contributed by atoms with Gasteiger partial charge in [0, 0.05) is 19.1 Å². The fraction of sp³-hybridized carbons (Fsp3) is 0.600. The van der Waals surface area contributed by atoms with Gasteiger partial charge in [0.2, 0.25) is 0 Å². The summed E-state index contributed by atoms with van der Waals surface area (Å²) in [6.07, 6.45) is 3.70. The molecule has 1 saturated heterocycles. The first-order valence-electron chi connectivity index (χ1n) is 9.27. The van der Waals surface area contributed by atoms with Gasteiger partial charge in [-0.1, -0.05) is 59.8 Å². The van der Waals surface area contributed by atoms with Crippen molar-refractivity contribution >= 4 is 11.4 Å². The summed E-state index contributed by atoms with van der Waals surface area (Å²) in [4.78, 5) is 4.91. The summed E-state index contributed by atoms with van der Waals surface area (Å²) in [5.41, 5.74) is 2.48. The van der Waals surface area contributed by atoms with E-state index in [0.717, 1.165) is 5.82 Å². The summed E-state index contributed by atoms with van der Waals surface area (Å²) in [5, 5.41) is 3.39. The minimum atomic E-state index is 0.594. The van der Waals surface area contributed by atoms with Crippen molar-refractivity contribution in [1.82, 2.24) is 4.90 Å². The number of likely N-dealkylation sites (tertiary alicyclic amines) is 1. The van der Waals surface area contributed by atoms with Gasteiger partial charge < -0.3 is 15.1 Å². The van der Waals surface area contributed by atoms with E-state index < -0.39 is 0 Å². The lowest BCUT2D eigenvalue weighted by Crippen LogP contribution is -2.43. The van der Waals surface area contributed by atoms with Crippen LogP contribution in [-0.4, -0.2) is 30.6 Å². The lowest BCUT2D eigenvalue weighted by Gasteiger charge is -2.37. The smallest absolute Gasteiger partial charge is 0.103 e. The number of nitrogens with one attached hydrogen (secondary N) is 1. The number of hydrogen-bond donors (Lipinski definition) is 1. The van der Waals surface area contributed by atoms with E-state index in [4.69, 9.17) is 0 Å². The Labute approximate surface area is 143 Å². The first kappa shape index (κ1) is 19.6. The predicted octanol–water partition coefficient (Wildman–Crippen LogP) is 5.32. The fourth-order valence-electron chi connectivity index (χ4n) is 3.06. The molecule has 23 heavy (non-hydrogen) atoms. The van der Waals surface area contributed by atoms with Crippen LogP contribution in [0.4, 0.5) is 11.4 Å². The number of anilines is 2. The van der Waals surface area contributed by atoms with Crippen LogP contribution in [-0.2, 0) is 0 Å². The highest BCUT2D eigenvalue weighted by molar-refractivity contribution is 5.80. The summed E-state index contributed by atoms with van der Waals surface area (Å²) in [5.74, 6) is 1.03. The zero-order chi connectivity index (χ0) is 17.2. The van der Waals surface area contributed by atoms with Crippen LogP contribution in [0.3, 0.4) is 0 Å². The Kier molecular flexibility index (Phi) is 8.78. The van der Waals surface area contributed by atoms with Crippen LogP contribution in [0.1, 0.15) is 53.9 Å². The first-order valence-corrected chi connectivity index (χ1v) is 9.27. The van der Waals surface area contributed by atoms with Crippen molar-refractivity contribution in [2.45, 2.75) is 59.9 Å².